The van der Waals surface area contributed by atoms with Gasteiger partial charge in [0.25, 0.3) is 0 Å². The molecule has 0 saturated heterocycles. The van der Waals surface area contributed by atoms with Gasteiger partial charge < -0.3 is 16.2 Å². The van der Waals surface area contributed by atoms with Gasteiger partial charge in [-0.15, -0.1) is 0 Å². The van der Waals surface area contributed by atoms with Crippen molar-refractivity contribution in [3.8, 4) is 5.75 Å². The summed E-state index contributed by atoms with van der Waals surface area (Å²) in [5.74, 6) is 2.04. The van der Waals surface area contributed by atoms with Crippen LogP contribution in [-0.4, -0.2) is 36.5 Å². The highest BCUT2D eigenvalue weighted by Crippen LogP contribution is 2.34. The first-order valence-corrected chi connectivity index (χ1v) is 8.60. The lowest BCUT2D eigenvalue weighted by Crippen LogP contribution is -2.37. The molecule has 23 heavy (non-hydrogen) atoms. The molecule has 3 atom stereocenters. The summed E-state index contributed by atoms with van der Waals surface area (Å²) in [7, 11) is 2.21. The molecule has 1 aliphatic carbocycles. The normalized spacial score (nSPS) is 27.3. The van der Waals surface area contributed by atoms with Crippen molar-refractivity contribution in [2.45, 2.75) is 51.3 Å². The van der Waals surface area contributed by atoms with Crippen molar-refractivity contribution in [1.82, 2.24) is 4.90 Å². The van der Waals surface area contributed by atoms with Gasteiger partial charge in [0.15, 0.2) is 6.10 Å². The summed E-state index contributed by atoms with van der Waals surface area (Å²) in [5.41, 5.74) is 13.8. The van der Waals surface area contributed by atoms with E-state index in [1.54, 1.807) is 0 Å². The van der Waals surface area contributed by atoms with Gasteiger partial charge in [0.1, 0.15) is 17.3 Å². The van der Waals surface area contributed by atoms with Crippen molar-refractivity contribution in [2.24, 2.45) is 22.4 Å². The van der Waals surface area contributed by atoms with Crippen molar-refractivity contribution in [1.29, 1.82) is 0 Å². The fraction of sp³-hybridized carbons (Fsp3) is 0.611. The fourth-order valence-electron chi connectivity index (χ4n) is 3.62. The van der Waals surface area contributed by atoms with Crippen LogP contribution in [0.4, 0.5) is 5.69 Å². The number of aliphatic imine (C=N–C) groups is 1. The second-order valence-corrected chi connectivity index (χ2v) is 6.94. The first-order valence-electron chi connectivity index (χ1n) is 8.60. The van der Waals surface area contributed by atoms with Gasteiger partial charge in [-0.3, -0.25) is 4.90 Å². The van der Waals surface area contributed by atoms with E-state index in [2.05, 4.69) is 29.1 Å². The van der Waals surface area contributed by atoms with Crippen molar-refractivity contribution in [2.75, 3.05) is 13.6 Å². The minimum absolute atomic E-state index is 0.147. The Morgan fingerprint density at radius 2 is 2.17 bits per heavy atom. The smallest absolute Gasteiger partial charge is 0.153 e. The van der Waals surface area contributed by atoms with Crippen LogP contribution >= 0.6 is 0 Å². The Bertz CT molecular complexity index is 586. The molecule has 1 aromatic carbocycles. The molecular formula is C18H28N4O. The molecule has 4 N–H and O–H groups in total. The van der Waals surface area contributed by atoms with Crippen LogP contribution in [0.2, 0.25) is 0 Å². The maximum atomic E-state index is 5.89. The third kappa shape index (κ3) is 3.67. The van der Waals surface area contributed by atoms with Gasteiger partial charge in [-0.2, -0.15) is 0 Å². The van der Waals surface area contributed by atoms with Gasteiger partial charge >= 0.3 is 0 Å². The SMILES string of the molecule is CC1Oc2ccc(CN(C)C3CCCC(CN)C3)cc2N=C1N. The minimum atomic E-state index is -0.147. The van der Waals surface area contributed by atoms with Crippen molar-refractivity contribution in [3.63, 3.8) is 0 Å². The number of nitrogens with two attached hydrogens (primary N) is 2. The Labute approximate surface area is 138 Å². The summed E-state index contributed by atoms with van der Waals surface area (Å²) in [6, 6.07) is 6.85. The van der Waals surface area contributed by atoms with Crippen molar-refractivity contribution < 1.29 is 4.74 Å². The van der Waals surface area contributed by atoms with E-state index in [1.165, 1.54) is 31.2 Å². The molecule has 0 aromatic heterocycles. The summed E-state index contributed by atoms with van der Waals surface area (Å²) in [4.78, 5) is 6.91. The molecule has 3 unspecified atom stereocenters. The van der Waals surface area contributed by atoms with E-state index in [9.17, 15) is 0 Å². The lowest BCUT2D eigenvalue weighted by atomic mass is 9.85. The Morgan fingerprint density at radius 1 is 1.35 bits per heavy atom. The summed E-state index contributed by atoms with van der Waals surface area (Å²) in [6.45, 7) is 3.65. The van der Waals surface area contributed by atoms with Crippen LogP contribution < -0.4 is 16.2 Å². The summed E-state index contributed by atoms with van der Waals surface area (Å²) >= 11 is 0. The molecule has 0 amide bonds. The molecular weight excluding hydrogens is 288 g/mol. The zero-order valence-corrected chi connectivity index (χ0v) is 14.2. The fourth-order valence-corrected chi connectivity index (χ4v) is 3.62. The van der Waals surface area contributed by atoms with Gasteiger partial charge in [0.2, 0.25) is 0 Å². The van der Waals surface area contributed by atoms with Crippen LogP contribution in [0.3, 0.4) is 0 Å². The molecule has 5 heteroatoms. The van der Waals surface area contributed by atoms with E-state index in [0.717, 1.165) is 24.5 Å². The van der Waals surface area contributed by atoms with Gasteiger partial charge in [0, 0.05) is 12.6 Å². The molecule has 0 spiro atoms. The average Bonchev–Trinajstić information content (AvgIpc) is 2.56. The summed E-state index contributed by atoms with van der Waals surface area (Å²) in [6.07, 6.45) is 4.90. The van der Waals surface area contributed by atoms with E-state index in [-0.39, 0.29) is 6.10 Å². The van der Waals surface area contributed by atoms with Gasteiger partial charge in [-0.05, 0) is 63.4 Å². The molecule has 0 bridgehead atoms. The number of amidine groups is 1. The number of benzene rings is 1. The lowest BCUT2D eigenvalue weighted by Gasteiger charge is -2.35. The highest BCUT2D eigenvalue weighted by molar-refractivity contribution is 5.89. The van der Waals surface area contributed by atoms with Gasteiger partial charge in [-0.25, -0.2) is 4.99 Å². The maximum Gasteiger partial charge on any atom is 0.153 e. The predicted octanol–water partition coefficient (Wildman–Crippen LogP) is 2.41. The largest absolute Gasteiger partial charge is 0.481 e. The quantitative estimate of drug-likeness (QED) is 0.894. The molecule has 126 valence electrons. The van der Waals surface area contributed by atoms with Crippen LogP contribution in [0.5, 0.6) is 5.75 Å². The van der Waals surface area contributed by atoms with E-state index < -0.39 is 0 Å². The van der Waals surface area contributed by atoms with E-state index in [0.29, 0.717) is 17.8 Å². The Balaban J connectivity index is 1.68. The van der Waals surface area contributed by atoms with Crippen LogP contribution in [-0.2, 0) is 6.54 Å². The third-order valence-electron chi connectivity index (χ3n) is 5.14. The summed E-state index contributed by atoms with van der Waals surface area (Å²) in [5, 5.41) is 0. The Hall–Kier alpha value is -1.59. The van der Waals surface area contributed by atoms with Crippen LogP contribution in [0, 0.1) is 5.92 Å². The number of hydrogen-bond donors (Lipinski definition) is 2. The number of nitrogens with zero attached hydrogens (tertiary/aromatic N) is 2. The Morgan fingerprint density at radius 3 is 2.96 bits per heavy atom. The lowest BCUT2D eigenvalue weighted by molar-refractivity contribution is 0.154. The highest BCUT2D eigenvalue weighted by Gasteiger charge is 2.24. The zero-order valence-electron chi connectivity index (χ0n) is 14.2. The number of hydrogen-bond acceptors (Lipinski definition) is 5. The topological polar surface area (TPSA) is 76.9 Å². The van der Waals surface area contributed by atoms with Crippen LogP contribution in [0.1, 0.15) is 38.2 Å². The number of fused-ring (bicyclic) bond motifs is 1. The number of ether oxygens (including phenoxy) is 1. The predicted molar refractivity (Wildman–Crippen MR) is 94.1 cm³/mol. The minimum Gasteiger partial charge on any atom is -0.481 e. The molecule has 0 radical (unpaired) electrons. The van der Waals surface area contributed by atoms with Crippen LogP contribution in [0.25, 0.3) is 0 Å². The second-order valence-electron chi connectivity index (χ2n) is 6.94. The zero-order chi connectivity index (χ0) is 16.4. The van der Waals surface area contributed by atoms with E-state index >= 15 is 0 Å². The molecule has 1 aliphatic heterocycles. The first kappa shape index (κ1) is 16.3. The monoisotopic (exact) mass is 316 g/mol. The second kappa shape index (κ2) is 6.89. The molecule has 2 aliphatic rings. The number of rotatable bonds is 4. The standard InChI is InChI=1S/C18H28N4O/c1-12-18(20)21-16-9-14(6-7-17(16)23-12)11-22(2)15-5-3-4-13(8-15)10-19/h6-7,9,12-13,15H,3-5,8,10-11,19H2,1-2H3,(H2,20,21). The Kier molecular flexibility index (Phi) is 4.87. The molecule has 1 fully saturated rings. The van der Waals surface area contributed by atoms with E-state index in [1.807, 2.05) is 13.0 Å². The maximum absolute atomic E-state index is 5.89. The van der Waals surface area contributed by atoms with Crippen LogP contribution in [0.15, 0.2) is 23.2 Å². The van der Waals surface area contributed by atoms with Crippen molar-refractivity contribution in [3.05, 3.63) is 23.8 Å². The molecule has 1 saturated carbocycles. The third-order valence-corrected chi connectivity index (χ3v) is 5.14. The molecule has 5 nitrogen and oxygen atoms in total. The molecule has 1 heterocycles. The van der Waals surface area contributed by atoms with E-state index in [4.69, 9.17) is 16.2 Å². The summed E-state index contributed by atoms with van der Waals surface area (Å²) < 4.78 is 5.77. The van der Waals surface area contributed by atoms with Crippen molar-refractivity contribution >= 4 is 11.5 Å². The van der Waals surface area contributed by atoms with Gasteiger partial charge in [-0.1, -0.05) is 12.5 Å². The average molecular weight is 316 g/mol. The first-order chi connectivity index (χ1) is 11.1. The molecule has 3 rings (SSSR count). The molecule has 1 aromatic rings. The highest BCUT2D eigenvalue weighted by atomic mass is 16.5. The van der Waals surface area contributed by atoms with Gasteiger partial charge in [0.05, 0.1) is 0 Å².